The van der Waals surface area contributed by atoms with Crippen molar-refractivity contribution in [2.24, 2.45) is 10.7 Å². The molecule has 0 aliphatic heterocycles. The van der Waals surface area contributed by atoms with E-state index in [4.69, 9.17) is 23.1 Å². The van der Waals surface area contributed by atoms with E-state index in [1.165, 1.54) is 12.3 Å². The Balaban J connectivity index is 1.92. The Morgan fingerprint density at radius 3 is 2.77 bits per heavy atom. The summed E-state index contributed by atoms with van der Waals surface area (Å²) in [5.41, 5.74) is 12.6. The number of benzene rings is 2. The van der Waals surface area contributed by atoms with E-state index in [1.807, 2.05) is 0 Å². The number of phenolic OH excluding ortho intramolecular Hbond substituents is 1. The monoisotopic (exact) mass is 370 g/mol. The maximum atomic E-state index is 11.9. The summed E-state index contributed by atoms with van der Waals surface area (Å²) in [6.45, 7) is 0. The number of nitrogen functional groups attached to an aromatic ring is 1. The molecule has 0 unspecified atom stereocenters. The highest BCUT2D eigenvalue weighted by molar-refractivity contribution is 6.33. The van der Waals surface area contributed by atoms with Crippen LogP contribution in [0.4, 0.5) is 23.0 Å². The molecule has 7 N–H and O–H groups in total. The van der Waals surface area contributed by atoms with Crippen molar-refractivity contribution in [2.45, 2.75) is 0 Å². The van der Waals surface area contributed by atoms with Gasteiger partial charge < -0.3 is 21.9 Å². The minimum absolute atomic E-state index is 0.0222. The van der Waals surface area contributed by atoms with Gasteiger partial charge in [0.1, 0.15) is 17.1 Å². The summed E-state index contributed by atoms with van der Waals surface area (Å²) in [7, 11) is 0. The molecule has 0 saturated carbocycles. The highest BCUT2D eigenvalue weighted by atomic mass is 35.5. The standard InChI is InChI=1S/C17H15ClN6O2/c18-10-3-1-2-4-12(10)22-17-14(15(20)26)16(23-24-17)21-8-9-5-6-13(25)11(19)7-9/h1-8,25H,19H2,(H2,20,26)(H2,22,23,24). The average Bonchev–Trinajstić information content (AvgIpc) is 3.01. The number of phenols is 1. The fourth-order valence-electron chi connectivity index (χ4n) is 2.24. The second-order valence-electron chi connectivity index (χ2n) is 5.34. The molecule has 3 aromatic rings. The number of anilines is 3. The number of carbonyl (C=O) groups is 1. The molecule has 0 saturated heterocycles. The van der Waals surface area contributed by atoms with Crippen LogP contribution >= 0.6 is 11.6 Å². The number of carbonyl (C=O) groups excluding carboxylic acids is 1. The zero-order valence-corrected chi connectivity index (χ0v) is 14.2. The maximum absolute atomic E-state index is 11.9. The Kier molecular flexibility index (Phi) is 4.76. The molecule has 1 aromatic heterocycles. The number of nitrogens with one attached hydrogen (secondary N) is 2. The molecule has 3 rings (SSSR count). The Hall–Kier alpha value is -3.52. The lowest BCUT2D eigenvalue weighted by Crippen LogP contribution is -2.12. The van der Waals surface area contributed by atoms with E-state index in [9.17, 15) is 9.90 Å². The summed E-state index contributed by atoms with van der Waals surface area (Å²) in [4.78, 5) is 16.0. The highest BCUT2D eigenvalue weighted by Crippen LogP contribution is 2.29. The lowest BCUT2D eigenvalue weighted by molar-refractivity contribution is 0.100. The van der Waals surface area contributed by atoms with Gasteiger partial charge in [0, 0.05) is 6.21 Å². The third-order valence-corrected chi connectivity index (χ3v) is 3.84. The van der Waals surface area contributed by atoms with E-state index in [-0.39, 0.29) is 28.6 Å². The number of halogens is 1. The third-order valence-electron chi connectivity index (χ3n) is 3.51. The van der Waals surface area contributed by atoms with Crippen LogP contribution in [0.15, 0.2) is 47.5 Å². The molecule has 0 atom stereocenters. The van der Waals surface area contributed by atoms with Gasteiger partial charge in [0.05, 0.1) is 16.4 Å². The van der Waals surface area contributed by atoms with Crippen molar-refractivity contribution in [3.05, 3.63) is 58.6 Å². The fourth-order valence-corrected chi connectivity index (χ4v) is 2.42. The number of aromatic hydroxyl groups is 1. The Morgan fingerprint density at radius 2 is 2.08 bits per heavy atom. The van der Waals surface area contributed by atoms with Crippen LogP contribution in [0.25, 0.3) is 0 Å². The number of aromatic nitrogens is 2. The molecule has 0 spiro atoms. The maximum Gasteiger partial charge on any atom is 0.256 e. The van der Waals surface area contributed by atoms with Crippen molar-refractivity contribution in [1.29, 1.82) is 0 Å². The molecule has 8 nitrogen and oxygen atoms in total. The van der Waals surface area contributed by atoms with Gasteiger partial charge in [-0.1, -0.05) is 23.7 Å². The number of para-hydroxylation sites is 1. The van der Waals surface area contributed by atoms with Gasteiger partial charge in [-0.3, -0.25) is 9.89 Å². The number of aliphatic imine (C=N–C) groups is 1. The molecule has 0 fully saturated rings. The third kappa shape index (κ3) is 3.60. The molecule has 0 aliphatic rings. The Morgan fingerprint density at radius 1 is 1.31 bits per heavy atom. The molecule has 0 bridgehead atoms. The van der Waals surface area contributed by atoms with Crippen LogP contribution in [0, 0.1) is 0 Å². The van der Waals surface area contributed by atoms with Crippen molar-refractivity contribution in [3.63, 3.8) is 0 Å². The first-order valence-corrected chi connectivity index (χ1v) is 7.86. The van der Waals surface area contributed by atoms with E-state index in [1.54, 1.807) is 36.4 Å². The van der Waals surface area contributed by atoms with Crippen molar-refractivity contribution in [2.75, 3.05) is 11.1 Å². The molecule has 26 heavy (non-hydrogen) atoms. The van der Waals surface area contributed by atoms with Gasteiger partial charge in [0.25, 0.3) is 5.91 Å². The Labute approximate surface area is 153 Å². The molecule has 0 radical (unpaired) electrons. The van der Waals surface area contributed by atoms with E-state index in [0.29, 0.717) is 16.3 Å². The summed E-state index contributed by atoms with van der Waals surface area (Å²) in [6.07, 6.45) is 1.46. The summed E-state index contributed by atoms with van der Waals surface area (Å²) in [5.74, 6) is -0.335. The molecule has 9 heteroatoms. The number of primary amides is 1. The zero-order valence-electron chi connectivity index (χ0n) is 13.4. The molecule has 1 heterocycles. The van der Waals surface area contributed by atoms with Crippen LogP contribution in [0.5, 0.6) is 5.75 Å². The number of H-pyrrole nitrogens is 1. The predicted octanol–water partition coefficient (Wildman–Crippen LogP) is 2.94. The van der Waals surface area contributed by atoms with Gasteiger partial charge in [-0.15, -0.1) is 0 Å². The van der Waals surface area contributed by atoms with Gasteiger partial charge in [-0.25, -0.2) is 4.99 Å². The number of nitrogens with zero attached hydrogens (tertiary/aromatic N) is 2. The normalized spacial score (nSPS) is 11.0. The number of hydrogen-bond acceptors (Lipinski definition) is 6. The fraction of sp³-hybridized carbons (Fsp3) is 0. The summed E-state index contributed by atoms with van der Waals surface area (Å²) < 4.78 is 0. The molecule has 0 aliphatic carbocycles. The van der Waals surface area contributed by atoms with Crippen molar-refractivity contribution < 1.29 is 9.90 Å². The predicted molar refractivity (Wildman–Crippen MR) is 102 cm³/mol. The second kappa shape index (κ2) is 7.16. The number of rotatable bonds is 5. The van der Waals surface area contributed by atoms with Crippen LogP contribution in [0.2, 0.25) is 5.02 Å². The highest BCUT2D eigenvalue weighted by Gasteiger charge is 2.18. The minimum atomic E-state index is -0.703. The smallest absolute Gasteiger partial charge is 0.256 e. The average molecular weight is 371 g/mol. The first-order valence-electron chi connectivity index (χ1n) is 7.48. The van der Waals surface area contributed by atoms with E-state index in [2.05, 4.69) is 20.5 Å². The first-order chi connectivity index (χ1) is 12.5. The first kappa shape index (κ1) is 17.3. The van der Waals surface area contributed by atoms with E-state index < -0.39 is 5.91 Å². The van der Waals surface area contributed by atoms with E-state index in [0.717, 1.165) is 0 Å². The van der Waals surface area contributed by atoms with Crippen molar-refractivity contribution >= 4 is 46.7 Å². The van der Waals surface area contributed by atoms with Crippen LogP contribution in [-0.4, -0.2) is 27.4 Å². The molecular weight excluding hydrogens is 356 g/mol. The minimum Gasteiger partial charge on any atom is -0.506 e. The van der Waals surface area contributed by atoms with Gasteiger partial charge >= 0.3 is 0 Å². The topological polar surface area (TPSA) is 142 Å². The summed E-state index contributed by atoms with van der Waals surface area (Å²) in [6, 6.07) is 11.6. The zero-order chi connectivity index (χ0) is 18.7. The lowest BCUT2D eigenvalue weighted by atomic mass is 10.2. The lowest BCUT2D eigenvalue weighted by Gasteiger charge is -2.07. The summed E-state index contributed by atoms with van der Waals surface area (Å²) >= 11 is 6.11. The molecule has 1 amide bonds. The van der Waals surface area contributed by atoms with Crippen LogP contribution in [-0.2, 0) is 0 Å². The van der Waals surface area contributed by atoms with Gasteiger partial charge in [-0.05, 0) is 35.9 Å². The number of nitrogens with two attached hydrogens (primary N) is 2. The van der Waals surface area contributed by atoms with Gasteiger partial charge in [0.15, 0.2) is 5.82 Å². The van der Waals surface area contributed by atoms with E-state index >= 15 is 0 Å². The number of hydrogen-bond donors (Lipinski definition) is 5. The molecule has 132 valence electrons. The van der Waals surface area contributed by atoms with Crippen LogP contribution in [0.1, 0.15) is 15.9 Å². The van der Waals surface area contributed by atoms with Crippen LogP contribution in [0.3, 0.4) is 0 Å². The SMILES string of the molecule is NC(=O)c1c(N=Cc2ccc(O)c(N)c2)n[nH]c1Nc1ccccc1Cl. The molecular formula is C17H15ClN6O2. The summed E-state index contributed by atoms with van der Waals surface area (Å²) in [5, 5.41) is 19.6. The van der Waals surface area contributed by atoms with Gasteiger partial charge in [-0.2, -0.15) is 5.10 Å². The number of aromatic amines is 1. The largest absolute Gasteiger partial charge is 0.506 e. The quantitative estimate of drug-likeness (QED) is 0.266. The van der Waals surface area contributed by atoms with Crippen molar-refractivity contribution in [3.8, 4) is 5.75 Å². The second-order valence-corrected chi connectivity index (χ2v) is 5.75. The van der Waals surface area contributed by atoms with Crippen LogP contribution < -0.4 is 16.8 Å². The Bertz CT molecular complexity index is 999. The van der Waals surface area contributed by atoms with Gasteiger partial charge in [0.2, 0.25) is 0 Å². The number of amides is 1. The molecule has 2 aromatic carbocycles. The van der Waals surface area contributed by atoms with Crippen molar-refractivity contribution in [1.82, 2.24) is 10.2 Å².